The Labute approximate surface area is 268 Å². The summed E-state index contributed by atoms with van der Waals surface area (Å²) < 4.78 is 30.9. The van der Waals surface area contributed by atoms with E-state index in [9.17, 15) is 18.8 Å². The molecule has 0 atom stereocenters. The normalized spacial score (nSPS) is 12.7. The highest BCUT2D eigenvalue weighted by molar-refractivity contribution is 6.76. The van der Waals surface area contributed by atoms with Crippen LogP contribution in [0.5, 0.6) is 11.5 Å². The number of anilines is 1. The van der Waals surface area contributed by atoms with Crippen molar-refractivity contribution in [2.24, 2.45) is 0 Å². The molecule has 9 nitrogen and oxygen atoms in total. The Balaban J connectivity index is 1.67. The summed E-state index contributed by atoms with van der Waals surface area (Å²) in [5.41, 5.74) is 3.75. The summed E-state index contributed by atoms with van der Waals surface area (Å²) in [6.07, 6.45) is 1.27. The van der Waals surface area contributed by atoms with Gasteiger partial charge in [-0.05, 0) is 59.5 Å². The van der Waals surface area contributed by atoms with Gasteiger partial charge in [-0.1, -0.05) is 43.9 Å². The standard InChI is InChI=1S/C35H38FN3O6Si/c1-22(40)39(35(42)44-15-16-46(4,5)6)32-28-18-25(17-23-7-11-26(36)12-8-23)19-37-31(28)33(30-29(32)20-38(2)34(30)41)45-21-24-9-13-27(43-3)14-10-24/h7-14,18-19H,15-17,20-21H2,1-6H3. The van der Waals surface area contributed by atoms with Crippen molar-refractivity contribution in [2.45, 2.75) is 52.2 Å². The smallest absolute Gasteiger partial charge is 0.421 e. The molecule has 0 saturated heterocycles. The minimum absolute atomic E-state index is 0.135. The highest BCUT2D eigenvalue weighted by Crippen LogP contribution is 2.45. The van der Waals surface area contributed by atoms with Crippen LogP contribution in [0, 0.1) is 5.82 Å². The largest absolute Gasteiger partial charge is 0.497 e. The van der Waals surface area contributed by atoms with Gasteiger partial charge in [-0.2, -0.15) is 0 Å². The second kappa shape index (κ2) is 13.3. The molecule has 1 aliphatic rings. The van der Waals surface area contributed by atoms with Crippen molar-refractivity contribution in [3.8, 4) is 11.5 Å². The number of carbonyl (C=O) groups is 3. The Hall–Kier alpha value is -4.77. The molecule has 0 unspecified atom stereocenters. The van der Waals surface area contributed by atoms with E-state index in [1.165, 1.54) is 24.0 Å². The zero-order valence-corrected chi connectivity index (χ0v) is 28.0. The van der Waals surface area contributed by atoms with Crippen LogP contribution in [0.1, 0.15) is 39.5 Å². The van der Waals surface area contributed by atoms with Gasteiger partial charge < -0.3 is 19.1 Å². The van der Waals surface area contributed by atoms with Crippen LogP contribution < -0.4 is 14.4 Å². The number of benzene rings is 3. The van der Waals surface area contributed by atoms with E-state index in [0.717, 1.165) is 27.6 Å². The molecule has 0 aliphatic carbocycles. The maximum atomic E-state index is 13.6. The zero-order valence-electron chi connectivity index (χ0n) is 27.0. The van der Waals surface area contributed by atoms with Crippen LogP contribution in [0.4, 0.5) is 14.9 Å². The van der Waals surface area contributed by atoms with Gasteiger partial charge in [-0.15, -0.1) is 0 Å². The first-order chi connectivity index (χ1) is 21.9. The quantitative estimate of drug-likeness (QED) is 0.172. The summed E-state index contributed by atoms with van der Waals surface area (Å²) in [5.74, 6) is -0.235. The summed E-state index contributed by atoms with van der Waals surface area (Å²) in [6, 6.07) is 16.1. The number of hydrogen-bond acceptors (Lipinski definition) is 7. The van der Waals surface area contributed by atoms with Gasteiger partial charge in [-0.3, -0.25) is 14.6 Å². The van der Waals surface area contributed by atoms with Crippen molar-refractivity contribution < 1.29 is 33.0 Å². The Morgan fingerprint density at radius 1 is 1.02 bits per heavy atom. The first kappa shape index (κ1) is 32.6. The molecule has 4 aromatic rings. The van der Waals surface area contributed by atoms with E-state index in [1.54, 1.807) is 32.5 Å². The van der Waals surface area contributed by atoms with Crippen LogP contribution in [0.2, 0.25) is 25.7 Å². The molecule has 0 radical (unpaired) electrons. The van der Waals surface area contributed by atoms with Gasteiger partial charge in [-0.25, -0.2) is 14.1 Å². The van der Waals surface area contributed by atoms with E-state index >= 15 is 0 Å². The summed E-state index contributed by atoms with van der Waals surface area (Å²) in [6.45, 7) is 8.26. The number of nitrogens with zero attached hydrogens (tertiary/aromatic N) is 3. The lowest BCUT2D eigenvalue weighted by Gasteiger charge is -2.25. The number of halogens is 1. The molecule has 0 spiro atoms. The number of pyridine rings is 1. The summed E-state index contributed by atoms with van der Waals surface area (Å²) >= 11 is 0. The molecule has 1 aromatic heterocycles. The van der Waals surface area contributed by atoms with Gasteiger partial charge in [0.05, 0.1) is 25.0 Å². The monoisotopic (exact) mass is 643 g/mol. The van der Waals surface area contributed by atoms with Crippen LogP contribution in [0.3, 0.4) is 0 Å². The number of rotatable bonds is 10. The fourth-order valence-corrected chi connectivity index (χ4v) is 6.09. The Bertz CT molecular complexity index is 1790. The fourth-order valence-electron chi connectivity index (χ4n) is 5.38. The summed E-state index contributed by atoms with van der Waals surface area (Å²) in [5, 5.41) is 0.462. The summed E-state index contributed by atoms with van der Waals surface area (Å²) in [7, 11) is 1.71. The predicted molar refractivity (Wildman–Crippen MR) is 177 cm³/mol. The third kappa shape index (κ3) is 7.04. The van der Waals surface area contributed by atoms with Crippen molar-refractivity contribution in [3.05, 3.63) is 94.4 Å². The minimum Gasteiger partial charge on any atom is -0.497 e. The third-order valence-corrected chi connectivity index (χ3v) is 9.55. The van der Waals surface area contributed by atoms with Gasteiger partial charge in [0.25, 0.3) is 5.91 Å². The summed E-state index contributed by atoms with van der Waals surface area (Å²) in [4.78, 5) is 47.8. The maximum absolute atomic E-state index is 13.6. The van der Waals surface area contributed by atoms with E-state index in [-0.39, 0.29) is 48.5 Å². The lowest BCUT2D eigenvalue weighted by Crippen LogP contribution is -2.37. The van der Waals surface area contributed by atoms with Crippen LogP contribution >= 0.6 is 0 Å². The number of ether oxygens (including phenoxy) is 3. The van der Waals surface area contributed by atoms with Crippen molar-refractivity contribution in [3.63, 3.8) is 0 Å². The predicted octanol–water partition coefficient (Wildman–Crippen LogP) is 6.97. The lowest BCUT2D eigenvalue weighted by molar-refractivity contribution is -0.116. The number of hydrogen-bond donors (Lipinski definition) is 0. The molecular weight excluding hydrogens is 605 g/mol. The van der Waals surface area contributed by atoms with E-state index < -0.39 is 20.1 Å². The Morgan fingerprint density at radius 2 is 1.70 bits per heavy atom. The molecular formula is C35H38FN3O6Si. The minimum atomic E-state index is -1.53. The number of aromatic nitrogens is 1. The average molecular weight is 644 g/mol. The third-order valence-electron chi connectivity index (χ3n) is 7.85. The Kier molecular flexibility index (Phi) is 9.43. The van der Waals surface area contributed by atoms with Crippen molar-refractivity contribution >= 4 is 42.6 Å². The van der Waals surface area contributed by atoms with E-state index in [2.05, 4.69) is 19.6 Å². The topological polar surface area (TPSA) is 98.3 Å². The number of amides is 3. The Morgan fingerprint density at radius 3 is 2.33 bits per heavy atom. The first-order valence-corrected chi connectivity index (χ1v) is 18.8. The van der Waals surface area contributed by atoms with Crippen LogP contribution in [-0.4, -0.2) is 56.6 Å². The molecule has 0 saturated carbocycles. The molecule has 11 heteroatoms. The number of methoxy groups -OCH3 is 1. The maximum Gasteiger partial charge on any atom is 0.421 e. The highest BCUT2D eigenvalue weighted by Gasteiger charge is 2.38. The van der Waals surface area contributed by atoms with Gasteiger partial charge in [0, 0.05) is 45.7 Å². The number of fused-ring (bicyclic) bond motifs is 2. The zero-order chi connectivity index (χ0) is 33.2. The van der Waals surface area contributed by atoms with Gasteiger partial charge in [0.1, 0.15) is 23.7 Å². The number of imide groups is 1. The van der Waals surface area contributed by atoms with Crippen molar-refractivity contribution in [2.75, 3.05) is 25.7 Å². The molecule has 3 amide bonds. The molecule has 240 valence electrons. The highest BCUT2D eigenvalue weighted by atomic mass is 28.3. The van der Waals surface area contributed by atoms with Gasteiger partial charge in [0.15, 0.2) is 5.75 Å². The molecule has 0 N–H and O–H groups in total. The van der Waals surface area contributed by atoms with Crippen molar-refractivity contribution in [1.82, 2.24) is 9.88 Å². The van der Waals surface area contributed by atoms with E-state index in [0.29, 0.717) is 28.6 Å². The van der Waals surface area contributed by atoms with Crippen molar-refractivity contribution in [1.29, 1.82) is 0 Å². The van der Waals surface area contributed by atoms with Crippen LogP contribution in [0.15, 0.2) is 60.8 Å². The second-order valence-corrected chi connectivity index (χ2v) is 18.3. The average Bonchev–Trinajstić information content (AvgIpc) is 3.30. The molecule has 46 heavy (non-hydrogen) atoms. The van der Waals surface area contributed by atoms with Gasteiger partial charge in [0.2, 0.25) is 5.91 Å². The van der Waals surface area contributed by atoms with Crippen LogP contribution in [0.25, 0.3) is 10.9 Å². The second-order valence-electron chi connectivity index (χ2n) is 12.7. The van der Waals surface area contributed by atoms with Gasteiger partial charge >= 0.3 is 6.09 Å². The molecule has 3 aromatic carbocycles. The van der Waals surface area contributed by atoms with Crippen LogP contribution in [-0.2, 0) is 29.1 Å². The molecule has 5 rings (SSSR count). The van der Waals surface area contributed by atoms with E-state index in [4.69, 9.17) is 19.2 Å². The molecule has 0 bridgehead atoms. The molecule has 0 fully saturated rings. The SMILES string of the molecule is COc1ccc(COc2c3c(c(N(C(C)=O)C(=O)OCC[Si](C)(C)C)c4cc(Cc5ccc(F)cc5)cnc24)CN(C)C3=O)cc1. The number of carbonyl (C=O) groups excluding carboxylic acids is 3. The lowest BCUT2D eigenvalue weighted by atomic mass is 9.97. The molecule has 1 aliphatic heterocycles. The first-order valence-electron chi connectivity index (χ1n) is 15.1. The van der Waals surface area contributed by atoms with E-state index in [1.807, 2.05) is 30.3 Å². The molecule has 2 heterocycles. The fraction of sp³-hybridized carbons (Fsp3) is 0.314.